The summed E-state index contributed by atoms with van der Waals surface area (Å²) in [6, 6.07) is 10.4. The predicted molar refractivity (Wildman–Crippen MR) is 109 cm³/mol. The lowest BCUT2D eigenvalue weighted by atomic mass is 10.1. The molecule has 2 aromatic carbocycles. The van der Waals surface area contributed by atoms with Crippen molar-refractivity contribution >= 4 is 32.8 Å². The third-order valence-corrected chi connectivity index (χ3v) is 7.27. The Morgan fingerprint density at radius 2 is 1.67 bits per heavy atom. The van der Waals surface area contributed by atoms with Gasteiger partial charge in [0.15, 0.2) is 9.84 Å². The number of amides is 1. The second-order valence-electron chi connectivity index (χ2n) is 6.39. The molecular formula is C20H17F3N2O3S2. The van der Waals surface area contributed by atoms with Crippen LogP contribution >= 0.6 is 11.3 Å². The summed E-state index contributed by atoms with van der Waals surface area (Å²) in [4.78, 5) is 17.4. The predicted octanol–water partition coefficient (Wildman–Crippen LogP) is 5.18. The first-order valence-corrected chi connectivity index (χ1v) is 11.3. The van der Waals surface area contributed by atoms with Gasteiger partial charge in [-0.15, -0.1) is 11.3 Å². The van der Waals surface area contributed by atoms with Crippen LogP contribution in [0.15, 0.2) is 53.4 Å². The van der Waals surface area contributed by atoms with E-state index in [-0.39, 0.29) is 10.6 Å². The van der Waals surface area contributed by atoms with Gasteiger partial charge in [0.2, 0.25) is 0 Å². The van der Waals surface area contributed by atoms with Crippen molar-refractivity contribution in [2.75, 3.05) is 11.1 Å². The number of benzene rings is 2. The minimum Gasteiger partial charge on any atom is -0.321 e. The summed E-state index contributed by atoms with van der Waals surface area (Å²) in [6.07, 6.45) is -4.42. The van der Waals surface area contributed by atoms with E-state index < -0.39 is 27.5 Å². The maximum atomic E-state index is 12.7. The number of nitrogens with one attached hydrogen (secondary N) is 1. The zero-order valence-corrected chi connectivity index (χ0v) is 17.6. The molecule has 0 aliphatic carbocycles. The van der Waals surface area contributed by atoms with E-state index >= 15 is 0 Å². The monoisotopic (exact) mass is 454 g/mol. The zero-order chi connectivity index (χ0) is 22.1. The lowest BCUT2D eigenvalue weighted by Gasteiger charge is -2.06. The third kappa shape index (κ3) is 4.71. The first-order valence-electron chi connectivity index (χ1n) is 8.80. The van der Waals surface area contributed by atoms with Crippen LogP contribution in [-0.4, -0.2) is 25.1 Å². The van der Waals surface area contributed by atoms with Crippen molar-refractivity contribution < 1.29 is 26.4 Å². The molecular weight excluding hydrogens is 437 g/mol. The van der Waals surface area contributed by atoms with Gasteiger partial charge in [0.1, 0.15) is 9.88 Å². The number of sulfone groups is 1. The van der Waals surface area contributed by atoms with Crippen LogP contribution < -0.4 is 5.32 Å². The molecule has 1 aromatic heterocycles. The van der Waals surface area contributed by atoms with Gasteiger partial charge in [-0.1, -0.05) is 19.1 Å². The van der Waals surface area contributed by atoms with E-state index in [0.717, 1.165) is 23.5 Å². The highest BCUT2D eigenvalue weighted by Gasteiger charge is 2.30. The molecule has 0 aliphatic rings. The van der Waals surface area contributed by atoms with Crippen LogP contribution in [0.4, 0.5) is 18.9 Å². The number of anilines is 1. The van der Waals surface area contributed by atoms with Crippen molar-refractivity contribution in [2.45, 2.75) is 24.9 Å². The number of rotatable bonds is 5. The molecule has 0 fully saturated rings. The first-order chi connectivity index (χ1) is 14.0. The summed E-state index contributed by atoms with van der Waals surface area (Å²) in [5.74, 6) is -0.458. The highest BCUT2D eigenvalue weighted by atomic mass is 32.2. The van der Waals surface area contributed by atoms with Gasteiger partial charge in [-0.25, -0.2) is 13.4 Å². The topological polar surface area (TPSA) is 76.1 Å². The molecule has 5 nitrogen and oxygen atoms in total. The standard InChI is InChI=1S/C20H17F3N2O3S2/c1-3-30(27,28)16-10-8-15(9-11-16)25-18(26)17-12(2)24-19(29-17)13-4-6-14(7-5-13)20(21,22)23/h4-11H,3H2,1-2H3,(H,25,26). The molecule has 1 heterocycles. The highest BCUT2D eigenvalue weighted by Crippen LogP contribution is 2.33. The summed E-state index contributed by atoms with van der Waals surface area (Å²) < 4.78 is 61.9. The van der Waals surface area contributed by atoms with E-state index in [9.17, 15) is 26.4 Å². The summed E-state index contributed by atoms with van der Waals surface area (Å²) in [5, 5.41) is 3.10. The number of carbonyl (C=O) groups is 1. The van der Waals surface area contributed by atoms with Crippen LogP contribution in [0.2, 0.25) is 0 Å². The molecule has 30 heavy (non-hydrogen) atoms. The Labute approximate surface area is 175 Å². The van der Waals surface area contributed by atoms with Gasteiger partial charge in [-0.05, 0) is 43.3 Å². The van der Waals surface area contributed by atoms with Crippen molar-refractivity contribution in [3.05, 3.63) is 64.7 Å². The number of carbonyl (C=O) groups excluding carboxylic acids is 1. The molecule has 1 N–H and O–H groups in total. The molecule has 3 aromatic rings. The molecule has 0 bridgehead atoms. The Bertz CT molecular complexity index is 1170. The average Bonchev–Trinajstić information content (AvgIpc) is 3.09. The van der Waals surface area contributed by atoms with Crippen molar-refractivity contribution in [3.63, 3.8) is 0 Å². The Morgan fingerprint density at radius 1 is 1.07 bits per heavy atom. The largest absolute Gasteiger partial charge is 0.416 e. The Morgan fingerprint density at radius 3 is 2.20 bits per heavy atom. The van der Waals surface area contributed by atoms with Crippen molar-refractivity contribution in [1.82, 2.24) is 4.98 Å². The van der Waals surface area contributed by atoms with Gasteiger partial charge in [-0.3, -0.25) is 4.79 Å². The van der Waals surface area contributed by atoms with Gasteiger partial charge >= 0.3 is 6.18 Å². The van der Waals surface area contributed by atoms with Gasteiger partial charge in [0, 0.05) is 11.3 Å². The summed E-state index contributed by atoms with van der Waals surface area (Å²) in [7, 11) is -3.33. The van der Waals surface area contributed by atoms with Crippen molar-refractivity contribution in [1.29, 1.82) is 0 Å². The number of nitrogens with zero attached hydrogens (tertiary/aromatic N) is 1. The van der Waals surface area contributed by atoms with E-state index in [2.05, 4.69) is 10.3 Å². The first kappa shape index (κ1) is 22.0. The average molecular weight is 454 g/mol. The number of aromatic nitrogens is 1. The van der Waals surface area contributed by atoms with Crippen LogP contribution in [0.5, 0.6) is 0 Å². The van der Waals surface area contributed by atoms with Gasteiger partial charge in [0.05, 0.1) is 21.9 Å². The van der Waals surface area contributed by atoms with E-state index in [1.54, 1.807) is 13.8 Å². The Kier molecular flexibility index (Phi) is 6.00. The van der Waals surface area contributed by atoms with Crippen LogP contribution in [0, 0.1) is 6.92 Å². The number of thiazole rings is 1. The van der Waals surface area contributed by atoms with E-state index in [4.69, 9.17) is 0 Å². The molecule has 0 radical (unpaired) electrons. The molecule has 0 saturated heterocycles. The Balaban J connectivity index is 1.79. The molecule has 158 valence electrons. The maximum Gasteiger partial charge on any atom is 0.416 e. The fourth-order valence-electron chi connectivity index (χ4n) is 2.63. The molecule has 1 amide bonds. The fraction of sp³-hybridized carbons (Fsp3) is 0.200. The van der Waals surface area contributed by atoms with E-state index in [1.165, 1.54) is 36.4 Å². The highest BCUT2D eigenvalue weighted by molar-refractivity contribution is 7.91. The third-order valence-electron chi connectivity index (χ3n) is 4.31. The molecule has 0 aliphatic heterocycles. The molecule has 0 unspecified atom stereocenters. The molecule has 0 spiro atoms. The number of alkyl halides is 3. The van der Waals surface area contributed by atoms with Crippen molar-refractivity contribution in [3.8, 4) is 10.6 Å². The summed E-state index contributed by atoms with van der Waals surface area (Å²) in [5.41, 5.74) is 0.576. The lowest BCUT2D eigenvalue weighted by Crippen LogP contribution is -2.11. The molecule has 0 atom stereocenters. The Hall–Kier alpha value is -2.72. The molecule has 0 saturated carbocycles. The smallest absolute Gasteiger partial charge is 0.321 e. The maximum absolute atomic E-state index is 12.7. The zero-order valence-electron chi connectivity index (χ0n) is 15.9. The quantitative estimate of drug-likeness (QED) is 0.576. The SMILES string of the molecule is CCS(=O)(=O)c1ccc(NC(=O)c2sc(-c3ccc(C(F)(F)F)cc3)nc2C)cc1. The van der Waals surface area contributed by atoms with E-state index in [0.29, 0.717) is 26.8 Å². The van der Waals surface area contributed by atoms with Gasteiger partial charge in [0.25, 0.3) is 5.91 Å². The molecule has 3 rings (SSSR count). The van der Waals surface area contributed by atoms with E-state index in [1.807, 2.05) is 0 Å². The minimum absolute atomic E-state index is 0.0223. The molecule has 10 heteroatoms. The number of hydrogen-bond acceptors (Lipinski definition) is 5. The lowest BCUT2D eigenvalue weighted by molar-refractivity contribution is -0.137. The van der Waals surface area contributed by atoms with Gasteiger partial charge in [-0.2, -0.15) is 13.2 Å². The minimum atomic E-state index is -4.42. The van der Waals surface area contributed by atoms with Crippen LogP contribution in [-0.2, 0) is 16.0 Å². The number of aryl methyl sites for hydroxylation is 1. The van der Waals surface area contributed by atoms with Crippen molar-refractivity contribution in [2.24, 2.45) is 0 Å². The second kappa shape index (κ2) is 8.19. The van der Waals surface area contributed by atoms with Crippen LogP contribution in [0.25, 0.3) is 10.6 Å². The normalized spacial score (nSPS) is 12.0. The van der Waals surface area contributed by atoms with Crippen LogP contribution in [0.3, 0.4) is 0 Å². The van der Waals surface area contributed by atoms with Crippen LogP contribution in [0.1, 0.15) is 27.9 Å². The summed E-state index contributed by atoms with van der Waals surface area (Å²) in [6.45, 7) is 3.18. The van der Waals surface area contributed by atoms with Gasteiger partial charge < -0.3 is 5.32 Å². The fourth-order valence-corrected chi connectivity index (χ4v) is 4.48. The number of halogens is 3. The summed E-state index contributed by atoms with van der Waals surface area (Å²) >= 11 is 1.06. The number of hydrogen-bond donors (Lipinski definition) is 1. The second-order valence-corrected chi connectivity index (χ2v) is 9.67.